The summed E-state index contributed by atoms with van der Waals surface area (Å²) in [5.41, 5.74) is 6.28. The summed E-state index contributed by atoms with van der Waals surface area (Å²) in [5.74, 6) is 1.66. The number of ether oxygens (including phenoxy) is 1. The van der Waals surface area contributed by atoms with Gasteiger partial charge >= 0.3 is 0 Å². The van der Waals surface area contributed by atoms with Gasteiger partial charge in [-0.25, -0.2) is 0 Å². The van der Waals surface area contributed by atoms with Gasteiger partial charge < -0.3 is 15.4 Å². The number of hydrogen-bond acceptors (Lipinski definition) is 3. The van der Waals surface area contributed by atoms with E-state index in [1.807, 2.05) is 0 Å². The first-order chi connectivity index (χ1) is 8.16. The van der Waals surface area contributed by atoms with Crippen molar-refractivity contribution in [3.8, 4) is 0 Å². The minimum absolute atomic E-state index is 0.385. The van der Waals surface area contributed by atoms with E-state index in [1.54, 1.807) is 0 Å². The van der Waals surface area contributed by atoms with Crippen molar-refractivity contribution in [3.63, 3.8) is 0 Å². The lowest BCUT2D eigenvalue weighted by Gasteiger charge is -2.40. The number of likely N-dealkylation sites (N-methyl/N-ethyl adjacent to an activating group) is 1. The predicted octanol–water partition coefficient (Wildman–Crippen LogP) is 1.86. The SMILES string of the molecule is CC1CCC(N)C(N(C)CC2CCOCC2)C1. The largest absolute Gasteiger partial charge is 0.381 e. The smallest absolute Gasteiger partial charge is 0.0469 e. The Bertz CT molecular complexity index is 228. The average molecular weight is 240 g/mol. The zero-order chi connectivity index (χ0) is 12.3. The lowest BCUT2D eigenvalue weighted by atomic mass is 9.82. The fraction of sp³-hybridized carbons (Fsp3) is 1.00. The Morgan fingerprint density at radius 1 is 1.18 bits per heavy atom. The maximum Gasteiger partial charge on any atom is 0.0469 e. The van der Waals surface area contributed by atoms with E-state index in [2.05, 4.69) is 18.9 Å². The molecule has 0 spiro atoms. The van der Waals surface area contributed by atoms with Crippen LogP contribution in [0.3, 0.4) is 0 Å². The van der Waals surface area contributed by atoms with E-state index in [-0.39, 0.29) is 0 Å². The number of nitrogens with two attached hydrogens (primary N) is 1. The summed E-state index contributed by atoms with van der Waals surface area (Å²) in [6.45, 7) is 5.47. The molecular weight excluding hydrogens is 212 g/mol. The van der Waals surface area contributed by atoms with Crippen LogP contribution in [0.1, 0.15) is 39.0 Å². The molecule has 3 atom stereocenters. The molecule has 0 radical (unpaired) electrons. The second-order valence-electron chi connectivity index (χ2n) is 6.14. The van der Waals surface area contributed by atoms with Gasteiger partial charge in [-0.3, -0.25) is 0 Å². The van der Waals surface area contributed by atoms with Crippen molar-refractivity contribution in [1.82, 2.24) is 4.90 Å². The lowest BCUT2D eigenvalue weighted by molar-refractivity contribution is 0.0424. The second-order valence-corrected chi connectivity index (χ2v) is 6.14. The molecule has 2 fully saturated rings. The van der Waals surface area contributed by atoms with Gasteiger partial charge in [-0.05, 0) is 51.0 Å². The molecule has 1 aliphatic carbocycles. The van der Waals surface area contributed by atoms with Gasteiger partial charge in [-0.1, -0.05) is 6.92 Å². The third kappa shape index (κ3) is 3.67. The van der Waals surface area contributed by atoms with Crippen molar-refractivity contribution >= 4 is 0 Å². The third-order valence-corrected chi connectivity index (χ3v) is 4.58. The summed E-state index contributed by atoms with van der Waals surface area (Å²) < 4.78 is 5.42. The van der Waals surface area contributed by atoms with Crippen molar-refractivity contribution < 1.29 is 4.74 Å². The highest BCUT2D eigenvalue weighted by Gasteiger charge is 2.30. The second kappa shape index (κ2) is 6.17. The zero-order valence-electron chi connectivity index (χ0n) is 11.4. The molecule has 1 aliphatic heterocycles. The van der Waals surface area contributed by atoms with E-state index in [4.69, 9.17) is 10.5 Å². The van der Waals surface area contributed by atoms with Crippen LogP contribution in [0.15, 0.2) is 0 Å². The first-order valence-electron chi connectivity index (χ1n) is 7.20. The first-order valence-corrected chi connectivity index (χ1v) is 7.20. The van der Waals surface area contributed by atoms with Crippen molar-refractivity contribution in [2.45, 2.75) is 51.1 Å². The fourth-order valence-electron chi connectivity index (χ4n) is 3.35. The molecule has 0 aromatic carbocycles. The highest BCUT2D eigenvalue weighted by Crippen LogP contribution is 2.27. The van der Waals surface area contributed by atoms with Gasteiger partial charge in [-0.2, -0.15) is 0 Å². The van der Waals surface area contributed by atoms with E-state index in [0.29, 0.717) is 12.1 Å². The summed E-state index contributed by atoms with van der Waals surface area (Å²) in [4.78, 5) is 2.52. The minimum Gasteiger partial charge on any atom is -0.381 e. The van der Waals surface area contributed by atoms with Gasteiger partial charge in [0, 0.05) is 31.8 Å². The Morgan fingerprint density at radius 2 is 1.88 bits per heavy atom. The molecule has 0 aromatic rings. The summed E-state index contributed by atoms with van der Waals surface area (Å²) in [7, 11) is 2.26. The van der Waals surface area contributed by atoms with E-state index in [0.717, 1.165) is 25.0 Å². The van der Waals surface area contributed by atoms with Crippen molar-refractivity contribution in [3.05, 3.63) is 0 Å². The van der Waals surface area contributed by atoms with E-state index in [9.17, 15) is 0 Å². The average Bonchev–Trinajstić information content (AvgIpc) is 2.33. The van der Waals surface area contributed by atoms with E-state index >= 15 is 0 Å². The lowest BCUT2D eigenvalue weighted by Crippen LogP contribution is -2.51. The van der Waals surface area contributed by atoms with Gasteiger partial charge in [0.15, 0.2) is 0 Å². The normalized spacial score (nSPS) is 36.4. The summed E-state index contributed by atoms with van der Waals surface area (Å²) >= 11 is 0. The van der Waals surface area contributed by atoms with Crippen LogP contribution in [0, 0.1) is 11.8 Å². The topological polar surface area (TPSA) is 38.5 Å². The molecule has 1 saturated carbocycles. The Hall–Kier alpha value is -0.120. The van der Waals surface area contributed by atoms with E-state index in [1.165, 1.54) is 38.6 Å². The fourth-order valence-corrected chi connectivity index (χ4v) is 3.35. The first kappa shape index (κ1) is 13.3. The number of nitrogens with zero attached hydrogens (tertiary/aromatic N) is 1. The molecule has 0 bridgehead atoms. The van der Waals surface area contributed by atoms with Gasteiger partial charge in [0.25, 0.3) is 0 Å². The standard InChI is InChI=1S/C14H28N2O/c1-11-3-4-13(15)14(9-11)16(2)10-12-5-7-17-8-6-12/h11-14H,3-10,15H2,1-2H3. The van der Waals surface area contributed by atoms with Gasteiger partial charge in [0.2, 0.25) is 0 Å². The van der Waals surface area contributed by atoms with Crippen LogP contribution in [0.4, 0.5) is 0 Å². The van der Waals surface area contributed by atoms with E-state index < -0.39 is 0 Å². The maximum absolute atomic E-state index is 6.28. The summed E-state index contributed by atoms with van der Waals surface area (Å²) in [6, 6.07) is 0.984. The molecular formula is C14H28N2O. The molecule has 3 heteroatoms. The van der Waals surface area contributed by atoms with Gasteiger partial charge in [0.1, 0.15) is 0 Å². The van der Waals surface area contributed by atoms with Crippen LogP contribution in [-0.4, -0.2) is 43.8 Å². The molecule has 2 N–H and O–H groups in total. The minimum atomic E-state index is 0.385. The summed E-state index contributed by atoms with van der Waals surface area (Å²) in [6.07, 6.45) is 6.23. The highest BCUT2D eigenvalue weighted by atomic mass is 16.5. The predicted molar refractivity (Wildman–Crippen MR) is 71.0 cm³/mol. The zero-order valence-corrected chi connectivity index (χ0v) is 11.4. The van der Waals surface area contributed by atoms with Crippen LogP contribution >= 0.6 is 0 Å². The molecule has 1 saturated heterocycles. The van der Waals surface area contributed by atoms with Crippen molar-refractivity contribution in [2.75, 3.05) is 26.8 Å². The highest BCUT2D eigenvalue weighted by molar-refractivity contribution is 4.88. The number of hydrogen-bond donors (Lipinski definition) is 1. The molecule has 3 unspecified atom stereocenters. The number of rotatable bonds is 3. The molecule has 2 rings (SSSR count). The van der Waals surface area contributed by atoms with Crippen LogP contribution in [0.25, 0.3) is 0 Å². The Kier molecular flexibility index (Phi) is 4.83. The maximum atomic E-state index is 6.28. The third-order valence-electron chi connectivity index (χ3n) is 4.58. The van der Waals surface area contributed by atoms with Gasteiger partial charge in [-0.15, -0.1) is 0 Å². The Labute approximate surface area is 106 Å². The molecule has 2 aliphatic rings. The molecule has 100 valence electrons. The molecule has 0 amide bonds. The van der Waals surface area contributed by atoms with Crippen molar-refractivity contribution in [1.29, 1.82) is 0 Å². The Balaban J connectivity index is 1.82. The molecule has 17 heavy (non-hydrogen) atoms. The summed E-state index contributed by atoms with van der Waals surface area (Å²) in [5, 5.41) is 0. The van der Waals surface area contributed by atoms with Crippen LogP contribution in [0.5, 0.6) is 0 Å². The molecule has 1 heterocycles. The van der Waals surface area contributed by atoms with Crippen LogP contribution < -0.4 is 5.73 Å². The monoisotopic (exact) mass is 240 g/mol. The molecule has 3 nitrogen and oxygen atoms in total. The quantitative estimate of drug-likeness (QED) is 0.818. The Morgan fingerprint density at radius 3 is 2.59 bits per heavy atom. The molecule has 0 aromatic heterocycles. The van der Waals surface area contributed by atoms with Crippen molar-refractivity contribution in [2.24, 2.45) is 17.6 Å². The van der Waals surface area contributed by atoms with Crippen LogP contribution in [-0.2, 0) is 4.74 Å². The van der Waals surface area contributed by atoms with Crippen LogP contribution in [0.2, 0.25) is 0 Å². The van der Waals surface area contributed by atoms with Gasteiger partial charge in [0.05, 0.1) is 0 Å².